The lowest BCUT2D eigenvalue weighted by molar-refractivity contribution is -0.137. The van der Waals surface area contributed by atoms with Crippen molar-refractivity contribution in [1.82, 2.24) is 4.90 Å². The summed E-state index contributed by atoms with van der Waals surface area (Å²) in [6.07, 6.45) is 6.66. The van der Waals surface area contributed by atoms with E-state index in [4.69, 9.17) is 5.11 Å². The topological polar surface area (TPSA) is 40.5 Å². The van der Waals surface area contributed by atoms with Crippen molar-refractivity contribution >= 4 is 5.97 Å². The third-order valence-corrected chi connectivity index (χ3v) is 3.94. The first-order valence-electron chi connectivity index (χ1n) is 6.98. The van der Waals surface area contributed by atoms with Gasteiger partial charge < -0.3 is 5.11 Å². The van der Waals surface area contributed by atoms with Crippen LogP contribution in [0, 0.1) is 5.92 Å². The molecule has 0 saturated heterocycles. The van der Waals surface area contributed by atoms with Crippen LogP contribution in [0.3, 0.4) is 0 Å². The maximum atomic E-state index is 10.7. The number of aliphatic carboxylic acids is 1. The summed E-state index contributed by atoms with van der Waals surface area (Å²) in [5, 5.41) is 8.81. The van der Waals surface area contributed by atoms with Gasteiger partial charge in [0.2, 0.25) is 0 Å². The minimum atomic E-state index is -0.683. The summed E-state index contributed by atoms with van der Waals surface area (Å²) in [5.74, 6) is 0.158. The maximum Gasteiger partial charge on any atom is 0.304 e. The van der Waals surface area contributed by atoms with Crippen LogP contribution in [0.5, 0.6) is 0 Å². The van der Waals surface area contributed by atoms with Crippen molar-refractivity contribution < 1.29 is 9.90 Å². The number of carboxylic acid groups (broad SMARTS) is 1. The van der Waals surface area contributed by atoms with E-state index in [9.17, 15) is 4.79 Å². The van der Waals surface area contributed by atoms with Gasteiger partial charge in [0, 0.05) is 18.6 Å². The molecule has 1 rings (SSSR count). The van der Waals surface area contributed by atoms with E-state index in [0.29, 0.717) is 18.6 Å². The van der Waals surface area contributed by atoms with Gasteiger partial charge in [-0.1, -0.05) is 19.8 Å². The molecule has 0 aromatic carbocycles. The molecule has 0 amide bonds. The smallest absolute Gasteiger partial charge is 0.304 e. The molecule has 100 valence electrons. The van der Waals surface area contributed by atoms with Gasteiger partial charge in [0.15, 0.2) is 0 Å². The first-order valence-corrected chi connectivity index (χ1v) is 6.98. The molecule has 2 unspecified atom stereocenters. The van der Waals surface area contributed by atoms with Crippen LogP contribution in [0.15, 0.2) is 0 Å². The fraction of sp³-hybridized carbons (Fsp3) is 0.929. The Hall–Kier alpha value is -0.570. The van der Waals surface area contributed by atoms with Gasteiger partial charge in [-0.2, -0.15) is 0 Å². The monoisotopic (exact) mass is 241 g/mol. The van der Waals surface area contributed by atoms with Crippen LogP contribution < -0.4 is 0 Å². The molecule has 2 atom stereocenters. The van der Waals surface area contributed by atoms with Crippen LogP contribution in [-0.2, 0) is 4.79 Å². The highest BCUT2D eigenvalue weighted by atomic mass is 16.4. The Balaban J connectivity index is 2.53. The van der Waals surface area contributed by atoms with Crippen molar-refractivity contribution in [2.24, 2.45) is 5.92 Å². The zero-order valence-corrected chi connectivity index (χ0v) is 11.5. The summed E-state index contributed by atoms with van der Waals surface area (Å²) in [4.78, 5) is 13.1. The molecular formula is C14H27NO2. The van der Waals surface area contributed by atoms with E-state index in [1.165, 1.54) is 32.1 Å². The number of nitrogens with zero attached hydrogens (tertiary/aromatic N) is 1. The Morgan fingerprint density at radius 2 is 2.00 bits per heavy atom. The van der Waals surface area contributed by atoms with Crippen molar-refractivity contribution in [3.05, 3.63) is 0 Å². The zero-order valence-electron chi connectivity index (χ0n) is 11.5. The Bertz CT molecular complexity index is 240. The van der Waals surface area contributed by atoms with Crippen molar-refractivity contribution in [3.8, 4) is 0 Å². The van der Waals surface area contributed by atoms with Gasteiger partial charge in [0.1, 0.15) is 0 Å². The first-order chi connectivity index (χ1) is 8.00. The van der Waals surface area contributed by atoms with Gasteiger partial charge in [-0.15, -0.1) is 0 Å². The highest BCUT2D eigenvalue weighted by molar-refractivity contribution is 5.66. The molecule has 1 N–H and O–H groups in total. The van der Waals surface area contributed by atoms with Gasteiger partial charge in [0.25, 0.3) is 0 Å². The molecule has 0 aromatic rings. The summed E-state index contributed by atoms with van der Waals surface area (Å²) in [7, 11) is 0. The third kappa shape index (κ3) is 5.07. The Labute approximate surface area is 105 Å². The number of carbonyl (C=O) groups is 1. The maximum absolute atomic E-state index is 10.7. The minimum absolute atomic E-state index is 0.268. The quantitative estimate of drug-likeness (QED) is 0.752. The normalized spacial score (nSPS) is 26.2. The van der Waals surface area contributed by atoms with E-state index in [1.54, 1.807) is 0 Å². The van der Waals surface area contributed by atoms with E-state index in [-0.39, 0.29) is 6.42 Å². The lowest BCUT2D eigenvalue weighted by atomic mass is 10.0. The molecule has 1 aliphatic carbocycles. The predicted octanol–water partition coefficient (Wildman–Crippen LogP) is 3.14. The molecule has 3 nitrogen and oxygen atoms in total. The molecule has 1 saturated carbocycles. The molecule has 0 aliphatic heterocycles. The second-order valence-corrected chi connectivity index (χ2v) is 5.74. The third-order valence-electron chi connectivity index (χ3n) is 3.94. The van der Waals surface area contributed by atoms with Gasteiger partial charge in [0.05, 0.1) is 6.42 Å². The summed E-state index contributed by atoms with van der Waals surface area (Å²) in [5.41, 5.74) is 0. The second-order valence-electron chi connectivity index (χ2n) is 5.74. The van der Waals surface area contributed by atoms with Crippen LogP contribution in [0.1, 0.15) is 59.3 Å². The highest BCUT2D eigenvalue weighted by Gasteiger charge is 2.24. The zero-order chi connectivity index (χ0) is 12.8. The molecular weight excluding hydrogens is 214 g/mol. The minimum Gasteiger partial charge on any atom is -0.481 e. The molecule has 0 spiro atoms. The van der Waals surface area contributed by atoms with Gasteiger partial charge in [-0.3, -0.25) is 9.69 Å². The van der Waals surface area contributed by atoms with Crippen LogP contribution in [0.25, 0.3) is 0 Å². The van der Waals surface area contributed by atoms with Crippen LogP contribution >= 0.6 is 0 Å². The molecule has 17 heavy (non-hydrogen) atoms. The number of rotatable bonds is 5. The van der Waals surface area contributed by atoms with Gasteiger partial charge >= 0.3 is 5.97 Å². The van der Waals surface area contributed by atoms with Crippen LogP contribution in [0.2, 0.25) is 0 Å². The van der Waals surface area contributed by atoms with Crippen molar-refractivity contribution in [2.75, 3.05) is 6.54 Å². The van der Waals surface area contributed by atoms with Gasteiger partial charge in [-0.05, 0) is 39.0 Å². The molecule has 0 aromatic heterocycles. The Morgan fingerprint density at radius 1 is 1.29 bits per heavy atom. The Morgan fingerprint density at radius 3 is 2.59 bits per heavy atom. The van der Waals surface area contributed by atoms with Crippen molar-refractivity contribution in [3.63, 3.8) is 0 Å². The lowest BCUT2D eigenvalue weighted by Gasteiger charge is -2.34. The molecule has 0 radical (unpaired) electrons. The fourth-order valence-electron chi connectivity index (χ4n) is 2.89. The van der Waals surface area contributed by atoms with E-state index < -0.39 is 5.97 Å². The van der Waals surface area contributed by atoms with E-state index in [1.807, 2.05) is 0 Å². The number of hydrogen-bond acceptors (Lipinski definition) is 2. The summed E-state index contributed by atoms with van der Waals surface area (Å²) in [6, 6.07) is 1.05. The van der Waals surface area contributed by atoms with E-state index >= 15 is 0 Å². The largest absolute Gasteiger partial charge is 0.481 e. The van der Waals surface area contributed by atoms with E-state index in [2.05, 4.69) is 25.7 Å². The van der Waals surface area contributed by atoms with E-state index in [0.717, 1.165) is 5.92 Å². The number of hydrogen-bond donors (Lipinski definition) is 1. The molecule has 0 bridgehead atoms. The predicted molar refractivity (Wildman–Crippen MR) is 70.1 cm³/mol. The summed E-state index contributed by atoms with van der Waals surface area (Å²) in [6.45, 7) is 7.39. The van der Waals surface area contributed by atoms with Crippen LogP contribution in [-0.4, -0.2) is 34.6 Å². The lowest BCUT2D eigenvalue weighted by Crippen LogP contribution is -2.41. The fourth-order valence-corrected chi connectivity index (χ4v) is 2.89. The molecule has 1 aliphatic rings. The van der Waals surface area contributed by atoms with Gasteiger partial charge in [-0.25, -0.2) is 0 Å². The average Bonchev–Trinajstić information content (AvgIpc) is 2.43. The summed E-state index contributed by atoms with van der Waals surface area (Å²) < 4.78 is 0. The Kier molecular flexibility index (Phi) is 5.96. The molecule has 1 fully saturated rings. The first kappa shape index (κ1) is 14.5. The number of carboxylic acids is 1. The average molecular weight is 241 g/mol. The van der Waals surface area contributed by atoms with Crippen LogP contribution in [0.4, 0.5) is 0 Å². The van der Waals surface area contributed by atoms with Crippen molar-refractivity contribution in [1.29, 1.82) is 0 Å². The van der Waals surface area contributed by atoms with Crippen molar-refractivity contribution in [2.45, 2.75) is 71.4 Å². The molecule has 3 heteroatoms. The highest BCUT2D eigenvalue weighted by Crippen LogP contribution is 2.27. The second kappa shape index (κ2) is 7.00. The molecule has 0 heterocycles. The summed E-state index contributed by atoms with van der Waals surface area (Å²) >= 11 is 0. The SMILES string of the molecule is CC1CCCC(N(CCC(=O)O)C(C)C)CC1. The standard InChI is InChI=1S/C14H27NO2/c1-11(2)15(10-9-14(16)17)13-6-4-5-12(3)7-8-13/h11-13H,4-10H2,1-3H3,(H,16,17).